The Morgan fingerprint density at radius 2 is 1.69 bits per heavy atom. The van der Waals surface area contributed by atoms with Crippen molar-refractivity contribution in [2.24, 2.45) is 0 Å². The minimum absolute atomic E-state index is 0.0571. The Morgan fingerprint density at radius 3 is 2.27 bits per heavy atom. The third kappa shape index (κ3) is 3.95. The molecule has 1 aromatic heterocycles. The van der Waals surface area contributed by atoms with E-state index in [1.165, 1.54) is 11.3 Å². The first kappa shape index (κ1) is 18.2. The first-order valence-electron chi connectivity index (χ1n) is 9.32. The molecule has 0 bridgehead atoms. The molecule has 0 radical (unpaired) electrons. The minimum atomic E-state index is -0.0571. The second-order valence-corrected chi connectivity index (χ2v) is 6.57. The van der Waals surface area contributed by atoms with E-state index < -0.39 is 0 Å². The Hall–Kier alpha value is -2.63. The van der Waals surface area contributed by atoms with Crippen molar-refractivity contribution in [3.63, 3.8) is 0 Å². The number of benzene rings is 1. The maximum atomic E-state index is 12.3. The zero-order valence-corrected chi connectivity index (χ0v) is 15.9. The molecule has 0 atom stereocenters. The number of amides is 1. The average Bonchev–Trinajstić information content (AvgIpc) is 2.69. The largest absolute Gasteiger partial charge is 0.368 e. The Balaban J connectivity index is 1.62. The number of anilines is 2. The van der Waals surface area contributed by atoms with Gasteiger partial charge in [-0.3, -0.25) is 4.79 Å². The van der Waals surface area contributed by atoms with Gasteiger partial charge >= 0.3 is 0 Å². The molecule has 6 heteroatoms. The SMILES string of the molecule is CCN(CC)C(=O)c1ccc(N2CCN(c3cccc(C)c3)CC2)nn1. The van der Waals surface area contributed by atoms with Crippen molar-refractivity contribution in [3.8, 4) is 0 Å². The summed E-state index contributed by atoms with van der Waals surface area (Å²) in [7, 11) is 0. The second-order valence-electron chi connectivity index (χ2n) is 6.57. The molecule has 3 rings (SSSR count). The third-order valence-corrected chi connectivity index (χ3v) is 4.89. The van der Waals surface area contributed by atoms with Crippen LogP contribution in [0.15, 0.2) is 36.4 Å². The van der Waals surface area contributed by atoms with Crippen LogP contribution in [-0.2, 0) is 0 Å². The summed E-state index contributed by atoms with van der Waals surface area (Å²) in [5.41, 5.74) is 2.97. The Labute approximate surface area is 155 Å². The highest BCUT2D eigenvalue weighted by Crippen LogP contribution is 2.20. The Morgan fingerprint density at radius 1 is 1.00 bits per heavy atom. The smallest absolute Gasteiger partial charge is 0.274 e. The van der Waals surface area contributed by atoms with Crippen molar-refractivity contribution in [1.82, 2.24) is 15.1 Å². The van der Waals surface area contributed by atoms with E-state index in [0.29, 0.717) is 18.8 Å². The van der Waals surface area contributed by atoms with Crippen LogP contribution in [0.5, 0.6) is 0 Å². The highest BCUT2D eigenvalue weighted by molar-refractivity contribution is 5.92. The summed E-state index contributed by atoms with van der Waals surface area (Å²) in [6.07, 6.45) is 0. The number of rotatable bonds is 5. The molecule has 1 aliphatic heterocycles. The van der Waals surface area contributed by atoms with Crippen molar-refractivity contribution >= 4 is 17.4 Å². The molecular formula is C20H27N5O. The van der Waals surface area contributed by atoms with Gasteiger partial charge < -0.3 is 14.7 Å². The van der Waals surface area contributed by atoms with E-state index >= 15 is 0 Å². The lowest BCUT2D eigenvalue weighted by atomic mass is 10.2. The molecule has 0 aliphatic carbocycles. The lowest BCUT2D eigenvalue weighted by molar-refractivity contribution is 0.0766. The summed E-state index contributed by atoms with van der Waals surface area (Å²) in [5, 5.41) is 8.46. The average molecular weight is 353 g/mol. The van der Waals surface area contributed by atoms with Crippen LogP contribution in [0.3, 0.4) is 0 Å². The molecule has 1 fully saturated rings. The van der Waals surface area contributed by atoms with Crippen LogP contribution in [0.2, 0.25) is 0 Å². The van der Waals surface area contributed by atoms with Crippen molar-refractivity contribution in [2.75, 3.05) is 49.1 Å². The fraction of sp³-hybridized carbons (Fsp3) is 0.450. The molecule has 6 nitrogen and oxygen atoms in total. The standard InChI is InChI=1S/C20H27N5O/c1-4-23(5-2)20(26)18-9-10-19(22-21-18)25-13-11-24(12-14-25)17-8-6-7-16(3)15-17/h6-10,15H,4-5,11-14H2,1-3H3. The third-order valence-electron chi connectivity index (χ3n) is 4.89. The van der Waals surface area contributed by atoms with E-state index in [1.807, 2.05) is 19.9 Å². The number of aromatic nitrogens is 2. The van der Waals surface area contributed by atoms with Gasteiger partial charge in [0.25, 0.3) is 5.91 Å². The number of hydrogen-bond acceptors (Lipinski definition) is 5. The van der Waals surface area contributed by atoms with E-state index in [-0.39, 0.29) is 5.91 Å². The fourth-order valence-electron chi connectivity index (χ4n) is 3.30. The molecule has 1 amide bonds. The molecule has 0 unspecified atom stereocenters. The maximum Gasteiger partial charge on any atom is 0.274 e. The number of carbonyl (C=O) groups is 1. The summed E-state index contributed by atoms with van der Waals surface area (Å²) in [4.78, 5) is 18.7. The van der Waals surface area contributed by atoms with Gasteiger partial charge in [-0.15, -0.1) is 10.2 Å². The van der Waals surface area contributed by atoms with Gasteiger partial charge in [0.05, 0.1) is 0 Å². The number of hydrogen-bond donors (Lipinski definition) is 0. The normalized spacial score (nSPS) is 14.4. The van der Waals surface area contributed by atoms with E-state index in [9.17, 15) is 4.79 Å². The lowest BCUT2D eigenvalue weighted by Gasteiger charge is -2.36. The van der Waals surface area contributed by atoms with E-state index in [1.54, 1.807) is 11.0 Å². The van der Waals surface area contributed by atoms with Gasteiger partial charge in [0, 0.05) is 45.0 Å². The summed E-state index contributed by atoms with van der Waals surface area (Å²) in [5.74, 6) is 0.781. The molecule has 1 aliphatic rings. The predicted octanol–water partition coefficient (Wildman–Crippen LogP) is 2.59. The van der Waals surface area contributed by atoms with Crippen molar-refractivity contribution in [1.29, 1.82) is 0 Å². The van der Waals surface area contributed by atoms with Gasteiger partial charge in [-0.2, -0.15) is 0 Å². The summed E-state index contributed by atoms with van der Waals surface area (Å²) in [6.45, 7) is 11.1. The number of carbonyl (C=O) groups excluding carboxylic acids is 1. The van der Waals surface area contributed by atoms with Gasteiger partial charge in [-0.1, -0.05) is 12.1 Å². The quantitative estimate of drug-likeness (QED) is 0.827. The Bertz CT molecular complexity index is 734. The second kappa shape index (κ2) is 8.17. The number of aryl methyl sites for hydroxylation is 1. The van der Waals surface area contributed by atoms with Crippen molar-refractivity contribution in [3.05, 3.63) is 47.7 Å². The number of nitrogens with zero attached hydrogens (tertiary/aromatic N) is 5. The number of piperazine rings is 1. The summed E-state index contributed by atoms with van der Waals surface area (Å²) < 4.78 is 0. The topological polar surface area (TPSA) is 52.6 Å². The van der Waals surface area contributed by atoms with Gasteiger partial charge in [0.2, 0.25) is 0 Å². The summed E-state index contributed by atoms with van der Waals surface area (Å²) >= 11 is 0. The van der Waals surface area contributed by atoms with Crippen LogP contribution in [0.1, 0.15) is 29.9 Å². The van der Waals surface area contributed by atoms with E-state index in [0.717, 1.165) is 32.0 Å². The predicted molar refractivity (Wildman–Crippen MR) is 105 cm³/mol. The summed E-state index contributed by atoms with van der Waals surface area (Å²) in [6, 6.07) is 12.3. The molecular weight excluding hydrogens is 326 g/mol. The fourth-order valence-corrected chi connectivity index (χ4v) is 3.30. The van der Waals surface area contributed by atoms with Crippen molar-refractivity contribution < 1.29 is 4.79 Å². The van der Waals surface area contributed by atoms with Gasteiger partial charge in [0.15, 0.2) is 11.5 Å². The first-order chi connectivity index (χ1) is 12.6. The van der Waals surface area contributed by atoms with Crippen LogP contribution < -0.4 is 9.80 Å². The molecule has 2 aromatic rings. The van der Waals surface area contributed by atoms with Gasteiger partial charge in [0.1, 0.15) is 0 Å². The van der Waals surface area contributed by atoms with Crippen LogP contribution in [0.25, 0.3) is 0 Å². The van der Waals surface area contributed by atoms with Crippen LogP contribution >= 0.6 is 0 Å². The van der Waals surface area contributed by atoms with Crippen LogP contribution in [0, 0.1) is 6.92 Å². The van der Waals surface area contributed by atoms with Crippen LogP contribution in [-0.4, -0.2) is 60.3 Å². The van der Waals surface area contributed by atoms with E-state index in [2.05, 4.69) is 51.2 Å². The lowest BCUT2D eigenvalue weighted by Crippen LogP contribution is -2.47. The highest BCUT2D eigenvalue weighted by atomic mass is 16.2. The molecule has 0 spiro atoms. The molecule has 0 N–H and O–H groups in total. The first-order valence-corrected chi connectivity index (χ1v) is 9.32. The zero-order chi connectivity index (χ0) is 18.5. The highest BCUT2D eigenvalue weighted by Gasteiger charge is 2.20. The van der Waals surface area contributed by atoms with Gasteiger partial charge in [-0.25, -0.2) is 0 Å². The van der Waals surface area contributed by atoms with Gasteiger partial charge in [-0.05, 0) is 50.6 Å². The molecule has 1 aromatic carbocycles. The monoisotopic (exact) mass is 353 g/mol. The Kier molecular flexibility index (Phi) is 5.71. The molecule has 26 heavy (non-hydrogen) atoms. The molecule has 1 saturated heterocycles. The van der Waals surface area contributed by atoms with Crippen molar-refractivity contribution in [2.45, 2.75) is 20.8 Å². The van der Waals surface area contributed by atoms with E-state index in [4.69, 9.17) is 0 Å². The van der Waals surface area contributed by atoms with Crippen LogP contribution in [0.4, 0.5) is 11.5 Å². The zero-order valence-electron chi connectivity index (χ0n) is 15.9. The minimum Gasteiger partial charge on any atom is -0.368 e. The maximum absolute atomic E-state index is 12.3. The molecule has 138 valence electrons. The molecule has 2 heterocycles. The molecule has 0 saturated carbocycles.